The molecule has 1 fully saturated rings. The third-order valence-electron chi connectivity index (χ3n) is 6.85. The molecule has 35 heavy (non-hydrogen) atoms. The number of aromatic nitrogens is 5. The molecule has 6 rings (SSSR count). The lowest BCUT2D eigenvalue weighted by Gasteiger charge is -2.30. The predicted octanol–water partition coefficient (Wildman–Crippen LogP) is 3.67. The van der Waals surface area contributed by atoms with Crippen molar-refractivity contribution in [1.82, 2.24) is 28.8 Å². The molecule has 8 heteroatoms. The molecule has 1 amide bonds. The predicted molar refractivity (Wildman–Crippen MR) is 135 cm³/mol. The molecular weight excluding hydrogens is 438 g/mol. The van der Waals surface area contributed by atoms with Crippen molar-refractivity contribution >= 4 is 22.5 Å². The summed E-state index contributed by atoms with van der Waals surface area (Å²) in [5, 5.41) is 1.14. The topological polar surface area (TPSA) is 94.3 Å². The van der Waals surface area contributed by atoms with Crippen LogP contribution >= 0.6 is 0 Å². The zero-order valence-electron chi connectivity index (χ0n) is 19.6. The third kappa shape index (κ3) is 3.85. The average Bonchev–Trinajstić information content (AvgIpc) is 3.41. The van der Waals surface area contributed by atoms with Gasteiger partial charge in [0, 0.05) is 59.9 Å². The van der Waals surface area contributed by atoms with Crippen LogP contribution in [0.2, 0.25) is 0 Å². The van der Waals surface area contributed by atoms with Gasteiger partial charge in [0.2, 0.25) is 0 Å². The van der Waals surface area contributed by atoms with Crippen LogP contribution < -0.4 is 5.73 Å². The smallest absolute Gasteiger partial charge is 0.254 e. The van der Waals surface area contributed by atoms with E-state index in [2.05, 4.69) is 39.7 Å². The van der Waals surface area contributed by atoms with Crippen LogP contribution in [0.25, 0.3) is 27.9 Å². The summed E-state index contributed by atoms with van der Waals surface area (Å²) in [5.41, 5.74) is 12.4. The van der Waals surface area contributed by atoms with E-state index >= 15 is 0 Å². The van der Waals surface area contributed by atoms with Crippen LogP contribution in [0, 0.1) is 6.92 Å². The highest BCUT2D eigenvalue weighted by Crippen LogP contribution is 2.31. The number of carbonyl (C=O) groups is 1. The summed E-state index contributed by atoms with van der Waals surface area (Å²) < 4.78 is 4.27. The lowest BCUT2D eigenvalue weighted by molar-refractivity contribution is 0.0709. The first-order valence-electron chi connectivity index (χ1n) is 12.0. The Hall–Kier alpha value is -4.04. The Bertz CT molecular complexity index is 1540. The second-order valence-electron chi connectivity index (χ2n) is 9.21. The number of imidazole rings is 1. The number of likely N-dealkylation sites (tertiary alicyclic amines) is 1. The molecule has 2 N–H and O–H groups in total. The highest BCUT2D eigenvalue weighted by molar-refractivity contribution is 5.95. The first-order valence-corrected chi connectivity index (χ1v) is 12.0. The van der Waals surface area contributed by atoms with Gasteiger partial charge in [-0.3, -0.25) is 14.8 Å². The first kappa shape index (κ1) is 21.5. The average molecular weight is 466 g/mol. The Morgan fingerprint density at radius 3 is 2.89 bits per heavy atom. The van der Waals surface area contributed by atoms with Crippen molar-refractivity contribution in [2.45, 2.75) is 32.4 Å². The fourth-order valence-corrected chi connectivity index (χ4v) is 5.07. The molecule has 1 atom stereocenters. The summed E-state index contributed by atoms with van der Waals surface area (Å²) in [5.74, 6) is 0.0154. The normalized spacial score (nSPS) is 16.3. The number of carbonyl (C=O) groups excluding carboxylic acids is 1. The van der Waals surface area contributed by atoms with E-state index in [9.17, 15) is 4.79 Å². The highest BCUT2D eigenvalue weighted by atomic mass is 16.2. The van der Waals surface area contributed by atoms with Crippen molar-refractivity contribution in [2.75, 3.05) is 13.1 Å². The lowest BCUT2D eigenvalue weighted by Crippen LogP contribution is -2.45. The van der Waals surface area contributed by atoms with Crippen molar-refractivity contribution in [3.8, 4) is 11.4 Å². The molecule has 0 saturated carbocycles. The molecule has 1 aliphatic rings. The van der Waals surface area contributed by atoms with Gasteiger partial charge in [-0.15, -0.1) is 0 Å². The van der Waals surface area contributed by atoms with Gasteiger partial charge in [0.15, 0.2) is 0 Å². The molecular formula is C27H27N7O. The van der Waals surface area contributed by atoms with Gasteiger partial charge in [0.05, 0.1) is 24.1 Å². The van der Waals surface area contributed by atoms with Crippen LogP contribution in [0.3, 0.4) is 0 Å². The number of benzene rings is 1. The van der Waals surface area contributed by atoms with Gasteiger partial charge in [0.25, 0.3) is 5.91 Å². The summed E-state index contributed by atoms with van der Waals surface area (Å²) in [6, 6.07) is 14.3. The number of nitrogens with two attached hydrogens (primary N) is 1. The molecule has 1 unspecified atom stereocenters. The molecule has 8 nitrogen and oxygen atoms in total. The Labute approximate surface area is 203 Å². The van der Waals surface area contributed by atoms with Crippen LogP contribution in [0.1, 0.15) is 34.6 Å². The van der Waals surface area contributed by atoms with Gasteiger partial charge in [-0.05, 0) is 44.0 Å². The number of pyridine rings is 1. The monoisotopic (exact) mass is 465 g/mol. The second kappa shape index (κ2) is 8.63. The number of nitrogens with zero attached hydrogens (tertiary/aromatic N) is 6. The number of amides is 1. The van der Waals surface area contributed by atoms with E-state index in [1.54, 1.807) is 18.6 Å². The van der Waals surface area contributed by atoms with E-state index in [1.807, 2.05) is 39.8 Å². The van der Waals surface area contributed by atoms with Gasteiger partial charge in [0.1, 0.15) is 11.3 Å². The number of hydrogen-bond acceptors (Lipinski definition) is 5. The molecule has 1 aromatic carbocycles. The Kier molecular flexibility index (Phi) is 5.30. The quantitative estimate of drug-likeness (QED) is 0.437. The van der Waals surface area contributed by atoms with Gasteiger partial charge in [-0.2, -0.15) is 0 Å². The summed E-state index contributed by atoms with van der Waals surface area (Å²) >= 11 is 0. The maximum Gasteiger partial charge on any atom is 0.254 e. The van der Waals surface area contributed by atoms with Gasteiger partial charge >= 0.3 is 0 Å². The van der Waals surface area contributed by atoms with Gasteiger partial charge in [-0.25, -0.2) is 4.98 Å². The number of fused-ring (bicyclic) bond motifs is 2. The first-order chi connectivity index (χ1) is 17.1. The molecule has 0 spiro atoms. The minimum absolute atomic E-state index is 0.0154. The maximum absolute atomic E-state index is 13.1. The van der Waals surface area contributed by atoms with Crippen molar-refractivity contribution in [2.24, 2.45) is 5.73 Å². The van der Waals surface area contributed by atoms with Crippen molar-refractivity contribution in [3.05, 3.63) is 84.2 Å². The molecule has 176 valence electrons. The van der Waals surface area contributed by atoms with E-state index < -0.39 is 0 Å². The number of para-hydroxylation sites is 1. The standard InChI is InChI=1S/C27H27N7O/c1-18-26(24-13-19-5-2-3-7-23(19)34(24)17-22-15-29-9-10-30-22)31-25-14-20(8-12-33(18)25)27(35)32-11-4-6-21(28)16-32/h2-3,5,7-10,12-15,21H,4,6,11,16-17,28H2,1H3. The van der Waals surface area contributed by atoms with Crippen molar-refractivity contribution in [1.29, 1.82) is 0 Å². The third-order valence-corrected chi connectivity index (χ3v) is 6.85. The van der Waals surface area contributed by atoms with E-state index in [4.69, 9.17) is 10.7 Å². The molecule has 0 aliphatic carbocycles. The van der Waals surface area contributed by atoms with E-state index in [-0.39, 0.29) is 11.9 Å². The van der Waals surface area contributed by atoms with Gasteiger partial charge in [-0.1, -0.05) is 18.2 Å². The van der Waals surface area contributed by atoms with Crippen LogP contribution in [0.5, 0.6) is 0 Å². The zero-order chi connectivity index (χ0) is 23.9. The van der Waals surface area contributed by atoms with E-state index in [0.717, 1.165) is 58.7 Å². The summed E-state index contributed by atoms with van der Waals surface area (Å²) in [4.78, 5) is 28.7. The second-order valence-corrected chi connectivity index (χ2v) is 9.21. The molecule has 4 aromatic heterocycles. The molecule has 0 bridgehead atoms. The Morgan fingerprint density at radius 2 is 2.06 bits per heavy atom. The molecule has 5 aromatic rings. The highest BCUT2D eigenvalue weighted by Gasteiger charge is 2.24. The van der Waals surface area contributed by atoms with Crippen molar-refractivity contribution < 1.29 is 4.79 Å². The van der Waals surface area contributed by atoms with E-state index in [0.29, 0.717) is 18.7 Å². The summed E-state index contributed by atoms with van der Waals surface area (Å²) in [6.45, 7) is 4.00. The SMILES string of the molecule is Cc1c(-c2cc3ccccc3n2Cc2cnccn2)nc2cc(C(=O)N3CCCC(N)C3)ccn12. The van der Waals surface area contributed by atoms with Crippen LogP contribution in [-0.4, -0.2) is 53.9 Å². The minimum Gasteiger partial charge on any atom is -0.337 e. The molecule has 1 aliphatic heterocycles. The molecule has 1 saturated heterocycles. The Morgan fingerprint density at radius 1 is 1.17 bits per heavy atom. The fourth-order valence-electron chi connectivity index (χ4n) is 5.07. The number of rotatable bonds is 4. The van der Waals surface area contributed by atoms with Crippen LogP contribution in [0.4, 0.5) is 0 Å². The maximum atomic E-state index is 13.1. The summed E-state index contributed by atoms with van der Waals surface area (Å²) in [7, 11) is 0. The van der Waals surface area contributed by atoms with Gasteiger partial charge < -0.3 is 19.6 Å². The Balaban J connectivity index is 1.43. The molecule has 5 heterocycles. The van der Waals surface area contributed by atoms with Crippen molar-refractivity contribution in [3.63, 3.8) is 0 Å². The zero-order valence-corrected chi connectivity index (χ0v) is 19.6. The van der Waals surface area contributed by atoms with Crippen LogP contribution in [-0.2, 0) is 6.54 Å². The largest absolute Gasteiger partial charge is 0.337 e. The molecule has 0 radical (unpaired) electrons. The number of hydrogen-bond donors (Lipinski definition) is 1. The number of aryl methyl sites for hydroxylation is 1. The minimum atomic E-state index is 0.0154. The lowest BCUT2D eigenvalue weighted by atomic mass is 10.1. The number of piperidine rings is 1. The fraction of sp³-hybridized carbons (Fsp3) is 0.259. The summed E-state index contributed by atoms with van der Waals surface area (Å²) in [6.07, 6.45) is 9.03. The van der Waals surface area contributed by atoms with Crippen LogP contribution in [0.15, 0.2) is 67.3 Å². The van der Waals surface area contributed by atoms with E-state index in [1.165, 1.54) is 0 Å².